The van der Waals surface area contributed by atoms with E-state index >= 15 is 0 Å². The van der Waals surface area contributed by atoms with Crippen molar-refractivity contribution in [3.05, 3.63) is 44.5 Å². The Morgan fingerprint density at radius 1 is 1.28 bits per heavy atom. The predicted molar refractivity (Wildman–Crippen MR) is 59.3 cm³/mol. The van der Waals surface area contributed by atoms with E-state index < -0.39 is 28.7 Å². The van der Waals surface area contributed by atoms with Gasteiger partial charge < -0.3 is 4.98 Å². The number of H-pyrrole nitrogens is 1. The minimum atomic E-state index is -4.70. The Morgan fingerprint density at radius 3 is 2.44 bits per heavy atom. The van der Waals surface area contributed by atoms with Gasteiger partial charge in [0.2, 0.25) is 0 Å². The molecule has 0 aliphatic rings. The third-order valence-electron chi connectivity index (χ3n) is 2.55. The number of hydrogen-bond donors (Lipinski definition) is 1. The molecular weight excluding hydrogens is 274 g/mol. The molecule has 2 aromatic rings. The fraction of sp³-hybridized carbons (Fsp3) is 0.182. The molecule has 0 spiro atoms. The van der Waals surface area contributed by atoms with Crippen molar-refractivity contribution in [2.24, 2.45) is 0 Å². The Balaban J connectivity index is 2.98. The first-order chi connectivity index (χ1) is 8.21. The molecule has 0 bridgehead atoms. The van der Waals surface area contributed by atoms with Gasteiger partial charge in [0.15, 0.2) is 5.43 Å². The highest BCUT2D eigenvalue weighted by Crippen LogP contribution is 2.31. The van der Waals surface area contributed by atoms with E-state index in [1.165, 1.54) is 0 Å². The van der Waals surface area contributed by atoms with Gasteiger partial charge >= 0.3 is 6.18 Å². The highest BCUT2D eigenvalue weighted by molar-refractivity contribution is 6.35. The summed E-state index contributed by atoms with van der Waals surface area (Å²) in [6, 6.07) is 1.70. The summed E-state index contributed by atoms with van der Waals surface area (Å²) in [4.78, 5) is 13.8. The molecule has 7 heteroatoms. The summed E-state index contributed by atoms with van der Waals surface area (Å²) < 4.78 is 51.1. The molecule has 1 heterocycles. The third-order valence-corrected chi connectivity index (χ3v) is 2.85. The Morgan fingerprint density at radius 2 is 1.89 bits per heavy atom. The van der Waals surface area contributed by atoms with E-state index in [-0.39, 0.29) is 15.9 Å². The molecule has 0 saturated heterocycles. The van der Waals surface area contributed by atoms with Crippen LogP contribution in [0.3, 0.4) is 0 Å². The van der Waals surface area contributed by atoms with Gasteiger partial charge in [0, 0.05) is 5.56 Å². The second-order valence-corrected chi connectivity index (χ2v) is 4.17. The van der Waals surface area contributed by atoms with E-state index in [9.17, 15) is 22.4 Å². The summed E-state index contributed by atoms with van der Waals surface area (Å²) in [5, 5.41) is -0.474. The van der Waals surface area contributed by atoms with Crippen LogP contribution in [0, 0.1) is 12.7 Å². The number of pyridine rings is 1. The van der Waals surface area contributed by atoms with Gasteiger partial charge in [-0.25, -0.2) is 4.39 Å². The molecule has 1 N–H and O–H groups in total. The molecular formula is C11H6ClF4NO. The van der Waals surface area contributed by atoms with E-state index in [0.717, 1.165) is 19.1 Å². The van der Waals surface area contributed by atoms with Crippen LogP contribution in [-0.2, 0) is 6.18 Å². The Hall–Kier alpha value is -1.56. The summed E-state index contributed by atoms with van der Waals surface area (Å²) in [5.74, 6) is -0.780. The van der Waals surface area contributed by atoms with E-state index in [2.05, 4.69) is 0 Å². The van der Waals surface area contributed by atoms with E-state index in [0.29, 0.717) is 0 Å². The molecule has 0 atom stereocenters. The lowest BCUT2D eigenvalue weighted by molar-refractivity contribution is -0.141. The lowest BCUT2D eigenvalue weighted by atomic mass is 10.1. The molecule has 18 heavy (non-hydrogen) atoms. The summed E-state index contributed by atoms with van der Waals surface area (Å²) in [6.45, 7) is 1.03. The van der Waals surface area contributed by atoms with Crippen LogP contribution in [0.1, 0.15) is 11.3 Å². The van der Waals surface area contributed by atoms with Gasteiger partial charge in [-0.1, -0.05) is 11.6 Å². The molecule has 1 aromatic carbocycles. The second-order valence-electron chi connectivity index (χ2n) is 3.76. The molecule has 0 radical (unpaired) electrons. The number of fused-ring (bicyclic) bond motifs is 1. The van der Waals surface area contributed by atoms with Gasteiger partial charge in [0.1, 0.15) is 11.5 Å². The first kappa shape index (κ1) is 12.9. The highest BCUT2D eigenvalue weighted by Gasteiger charge is 2.35. The lowest BCUT2D eigenvalue weighted by Gasteiger charge is -2.12. The minimum Gasteiger partial charge on any atom is -0.349 e. The van der Waals surface area contributed by atoms with Gasteiger partial charge in [-0.05, 0) is 19.1 Å². The molecule has 0 fully saturated rings. The number of halogens is 5. The second kappa shape index (κ2) is 3.98. The maximum absolute atomic E-state index is 13.1. The van der Waals surface area contributed by atoms with Crippen LogP contribution in [0.2, 0.25) is 5.02 Å². The fourth-order valence-corrected chi connectivity index (χ4v) is 1.95. The molecule has 2 rings (SSSR count). The summed E-state index contributed by atoms with van der Waals surface area (Å²) >= 11 is 5.63. The maximum atomic E-state index is 13.1. The normalized spacial score (nSPS) is 12.1. The van der Waals surface area contributed by atoms with Gasteiger partial charge in [0.05, 0.1) is 15.9 Å². The molecule has 1 aromatic heterocycles. The minimum absolute atomic E-state index is 0.203. The Kier molecular flexibility index (Phi) is 2.85. The van der Waals surface area contributed by atoms with Crippen molar-refractivity contribution < 1.29 is 17.6 Å². The molecule has 0 saturated carbocycles. The number of hydrogen-bond acceptors (Lipinski definition) is 1. The Labute approximate surface area is 103 Å². The Bertz CT molecular complexity index is 690. The van der Waals surface area contributed by atoms with Crippen LogP contribution in [0.5, 0.6) is 0 Å². The fourth-order valence-electron chi connectivity index (χ4n) is 1.70. The van der Waals surface area contributed by atoms with Crippen LogP contribution in [-0.4, -0.2) is 4.98 Å². The summed E-state index contributed by atoms with van der Waals surface area (Å²) in [7, 11) is 0. The van der Waals surface area contributed by atoms with Crippen molar-refractivity contribution in [2.45, 2.75) is 13.1 Å². The molecule has 0 aliphatic heterocycles. The average Bonchev–Trinajstić information content (AvgIpc) is 2.22. The maximum Gasteiger partial charge on any atom is 0.431 e. The van der Waals surface area contributed by atoms with Crippen molar-refractivity contribution in [3.8, 4) is 0 Å². The van der Waals surface area contributed by atoms with Crippen molar-refractivity contribution >= 4 is 22.5 Å². The van der Waals surface area contributed by atoms with Crippen LogP contribution in [0.15, 0.2) is 16.9 Å². The monoisotopic (exact) mass is 279 g/mol. The third kappa shape index (κ3) is 1.96. The van der Waals surface area contributed by atoms with Gasteiger partial charge in [-0.2, -0.15) is 13.2 Å². The number of benzene rings is 1. The lowest BCUT2D eigenvalue weighted by Crippen LogP contribution is -2.19. The van der Waals surface area contributed by atoms with E-state index in [4.69, 9.17) is 11.6 Å². The molecule has 0 amide bonds. The van der Waals surface area contributed by atoms with Crippen LogP contribution >= 0.6 is 11.6 Å². The van der Waals surface area contributed by atoms with Crippen LogP contribution < -0.4 is 5.43 Å². The number of aromatic amines is 1. The van der Waals surface area contributed by atoms with E-state index in [1.54, 1.807) is 0 Å². The quantitative estimate of drug-likeness (QED) is 0.734. The zero-order valence-electron chi connectivity index (χ0n) is 8.95. The molecule has 0 unspecified atom stereocenters. The number of nitrogens with one attached hydrogen (secondary N) is 1. The van der Waals surface area contributed by atoms with Gasteiger partial charge in [0.25, 0.3) is 0 Å². The van der Waals surface area contributed by atoms with Crippen molar-refractivity contribution in [1.29, 1.82) is 0 Å². The van der Waals surface area contributed by atoms with Crippen molar-refractivity contribution in [3.63, 3.8) is 0 Å². The van der Waals surface area contributed by atoms with Crippen LogP contribution in [0.4, 0.5) is 17.6 Å². The SMILES string of the molecule is Cc1c(C(F)(F)F)[nH]c2c(Cl)cc(F)cc2c1=O. The zero-order valence-corrected chi connectivity index (χ0v) is 9.71. The topological polar surface area (TPSA) is 32.9 Å². The van der Waals surface area contributed by atoms with Crippen molar-refractivity contribution in [1.82, 2.24) is 4.98 Å². The number of aromatic nitrogens is 1. The van der Waals surface area contributed by atoms with Crippen molar-refractivity contribution in [2.75, 3.05) is 0 Å². The standard InChI is InChI=1S/C11H6ClF4NO/c1-4-9(18)6-2-5(13)3-7(12)8(6)17-10(4)11(14,15)16/h2-3H,1H3,(H,17,18). The summed E-state index contributed by atoms with van der Waals surface area (Å²) in [5.41, 5.74) is -2.80. The zero-order chi connectivity index (χ0) is 13.7. The predicted octanol–water partition coefficient (Wildman–Crippen LogP) is 3.65. The van der Waals surface area contributed by atoms with Gasteiger partial charge in [-0.15, -0.1) is 0 Å². The molecule has 2 nitrogen and oxygen atoms in total. The van der Waals surface area contributed by atoms with Crippen LogP contribution in [0.25, 0.3) is 10.9 Å². The summed E-state index contributed by atoms with van der Waals surface area (Å²) in [6.07, 6.45) is -4.70. The van der Waals surface area contributed by atoms with Gasteiger partial charge in [-0.3, -0.25) is 4.79 Å². The smallest absolute Gasteiger partial charge is 0.349 e. The average molecular weight is 280 g/mol. The number of rotatable bonds is 0. The molecule has 0 aliphatic carbocycles. The van der Waals surface area contributed by atoms with E-state index in [1.807, 2.05) is 4.98 Å². The largest absolute Gasteiger partial charge is 0.431 e. The molecule has 96 valence electrons. The number of alkyl halides is 3. The highest BCUT2D eigenvalue weighted by atomic mass is 35.5. The first-order valence-corrected chi connectivity index (χ1v) is 5.18. The first-order valence-electron chi connectivity index (χ1n) is 4.80.